The van der Waals surface area contributed by atoms with Crippen molar-refractivity contribution in [1.82, 2.24) is 0 Å². The molecule has 148 valence electrons. The Kier molecular flexibility index (Phi) is 6.95. The molecule has 3 aromatic rings. The van der Waals surface area contributed by atoms with Crippen molar-refractivity contribution in [3.8, 4) is 17.6 Å². The van der Waals surface area contributed by atoms with Gasteiger partial charge in [-0.3, -0.25) is 0 Å². The number of rotatable bonds is 7. The van der Waals surface area contributed by atoms with Crippen LogP contribution in [0.2, 0.25) is 0 Å². The molecule has 0 unspecified atom stereocenters. The molecular formula is C25H24BrNO2. The molecule has 1 atom stereocenters. The smallest absolute Gasteiger partial charge is 0.175 e. The summed E-state index contributed by atoms with van der Waals surface area (Å²) in [5, 5.41) is 12.0. The van der Waals surface area contributed by atoms with E-state index in [1.165, 1.54) is 0 Å². The van der Waals surface area contributed by atoms with Crippen molar-refractivity contribution >= 4 is 38.4 Å². The van der Waals surface area contributed by atoms with Gasteiger partial charge in [0.05, 0.1) is 28.8 Å². The molecule has 0 N–H and O–H groups in total. The van der Waals surface area contributed by atoms with Crippen molar-refractivity contribution in [1.29, 1.82) is 5.26 Å². The third-order valence-corrected chi connectivity index (χ3v) is 5.31. The van der Waals surface area contributed by atoms with Crippen molar-refractivity contribution in [2.45, 2.75) is 33.3 Å². The predicted molar refractivity (Wildman–Crippen MR) is 123 cm³/mol. The highest BCUT2D eigenvalue weighted by atomic mass is 79.9. The van der Waals surface area contributed by atoms with E-state index in [-0.39, 0.29) is 6.10 Å². The van der Waals surface area contributed by atoms with Gasteiger partial charge in [0.25, 0.3) is 0 Å². The predicted octanol–water partition coefficient (Wildman–Crippen LogP) is 7.24. The molecule has 29 heavy (non-hydrogen) atoms. The fourth-order valence-electron chi connectivity index (χ4n) is 3.04. The van der Waals surface area contributed by atoms with Crippen LogP contribution in [-0.2, 0) is 0 Å². The number of ether oxygens (including phenoxy) is 2. The Hall–Kier alpha value is -2.77. The molecule has 0 aliphatic heterocycles. The van der Waals surface area contributed by atoms with Crippen LogP contribution in [0.1, 0.15) is 38.3 Å². The lowest BCUT2D eigenvalue weighted by Gasteiger charge is -2.18. The van der Waals surface area contributed by atoms with Crippen molar-refractivity contribution in [3.05, 3.63) is 70.2 Å². The summed E-state index contributed by atoms with van der Waals surface area (Å²) in [6, 6.07) is 20.4. The van der Waals surface area contributed by atoms with Gasteiger partial charge in [0.1, 0.15) is 0 Å². The summed E-state index contributed by atoms with van der Waals surface area (Å²) in [7, 11) is 0. The van der Waals surface area contributed by atoms with Crippen LogP contribution in [0.25, 0.3) is 22.4 Å². The Balaban J connectivity index is 2.03. The van der Waals surface area contributed by atoms with Crippen LogP contribution in [0, 0.1) is 11.3 Å². The number of allylic oxidation sites excluding steroid dienone is 1. The zero-order valence-electron chi connectivity index (χ0n) is 16.9. The van der Waals surface area contributed by atoms with Crippen molar-refractivity contribution in [2.75, 3.05) is 6.61 Å². The first kappa shape index (κ1) is 21.0. The van der Waals surface area contributed by atoms with E-state index < -0.39 is 0 Å². The molecule has 0 saturated heterocycles. The molecule has 3 aromatic carbocycles. The number of halogens is 1. The normalized spacial score (nSPS) is 12.4. The molecule has 0 fully saturated rings. The molecule has 0 bridgehead atoms. The lowest BCUT2D eigenvalue weighted by Crippen LogP contribution is -2.11. The standard InChI is InChI=1S/C25H24BrNO2/c1-4-17(3)29-25-23(26)13-18(14-24(25)28-5-2)12-22(16-27)21-11-10-19-8-6-7-9-20(19)15-21/h6-15,17H,4-5H2,1-3H3/b22-12-/t17-/m0/s1. The SMILES string of the molecule is CCOc1cc(/C=C(/C#N)c2ccc3ccccc3c2)cc(Br)c1O[C@@H](C)CC. The zero-order valence-corrected chi connectivity index (χ0v) is 18.5. The van der Waals surface area contributed by atoms with Gasteiger partial charge in [-0.25, -0.2) is 0 Å². The first-order chi connectivity index (χ1) is 14.0. The summed E-state index contributed by atoms with van der Waals surface area (Å²) in [6.07, 6.45) is 2.86. The van der Waals surface area contributed by atoms with E-state index in [1.807, 2.05) is 62.4 Å². The van der Waals surface area contributed by atoms with Crippen LogP contribution in [0.4, 0.5) is 0 Å². The van der Waals surface area contributed by atoms with Gasteiger partial charge in [0.15, 0.2) is 11.5 Å². The quantitative estimate of drug-likeness (QED) is 0.281. The Morgan fingerprint density at radius 3 is 2.55 bits per heavy atom. The van der Waals surface area contributed by atoms with Crippen LogP contribution in [-0.4, -0.2) is 12.7 Å². The maximum atomic E-state index is 9.77. The fourth-order valence-corrected chi connectivity index (χ4v) is 3.59. The van der Waals surface area contributed by atoms with Gasteiger partial charge in [-0.1, -0.05) is 43.3 Å². The van der Waals surface area contributed by atoms with Crippen LogP contribution in [0.15, 0.2) is 59.1 Å². The molecule has 0 heterocycles. The molecule has 0 aliphatic rings. The van der Waals surface area contributed by atoms with Crippen LogP contribution >= 0.6 is 15.9 Å². The fraction of sp³-hybridized carbons (Fsp3) is 0.240. The number of nitriles is 1. The Bertz CT molecular complexity index is 1080. The summed E-state index contributed by atoms with van der Waals surface area (Å²) < 4.78 is 12.7. The summed E-state index contributed by atoms with van der Waals surface area (Å²) in [4.78, 5) is 0. The molecule has 0 spiro atoms. The van der Waals surface area contributed by atoms with Crippen molar-refractivity contribution in [2.24, 2.45) is 0 Å². The van der Waals surface area contributed by atoms with Gasteiger partial charge in [-0.15, -0.1) is 0 Å². The van der Waals surface area contributed by atoms with Crippen molar-refractivity contribution in [3.63, 3.8) is 0 Å². The highest BCUT2D eigenvalue weighted by Gasteiger charge is 2.15. The van der Waals surface area contributed by atoms with E-state index in [4.69, 9.17) is 9.47 Å². The minimum Gasteiger partial charge on any atom is -0.490 e. The lowest BCUT2D eigenvalue weighted by molar-refractivity contribution is 0.202. The first-order valence-electron chi connectivity index (χ1n) is 9.79. The van der Waals surface area contributed by atoms with Crippen molar-refractivity contribution < 1.29 is 9.47 Å². The number of nitrogens with zero attached hydrogens (tertiary/aromatic N) is 1. The minimum atomic E-state index is 0.0826. The van der Waals surface area contributed by atoms with Crippen LogP contribution < -0.4 is 9.47 Å². The number of fused-ring (bicyclic) bond motifs is 1. The minimum absolute atomic E-state index is 0.0826. The molecule has 0 aromatic heterocycles. The molecule has 0 aliphatic carbocycles. The third kappa shape index (κ3) is 4.99. The molecule has 3 nitrogen and oxygen atoms in total. The molecule has 0 amide bonds. The van der Waals surface area contributed by atoms with Gasteiger partial charge in [-0.05, 0) is 82.4 Å². The molecular weight excluding hydrogens is 426 g/mol. The summed E-state index contributed by atoms with van der Waals surface area (Å²) >= 11 is 3.61. The van der Waals surface area contributed by atoms with Crippen LogP contribution in [0.3, 0.4) is 0 Å². The zero-order chi connectivity index (χ0) is 20.8. The van der Waals surface area contributed by atoms with Gasteiger partial charge in [0.2, 0.25) is 0 Å². The van der Waals surface area contributed by atoms with E-state index >= 15 is 0 Å². The number of hydrogen-bond donors (Lipinski definition) is 0. The Morgan fingerprint density at radius 2 is 1.86 bits per heavy atom. The molecule has 3 rings (SSSR count). The van der Waals surface area contributed by atoms with E-state index in [2.05, 4.69) is 41.1 Å². The average Bonchev–Trinajstić information content (AvgIpc) is 2.74. The van der Waals surface area contributed by atoms with Gasteiger partial charge >= 0.3 is 0 Å². The summed E-state index contributed by atoms with van der Waals surface area (Å²) in [5.41, 5.74) is 2.36. The second-order valence-corrected chi connectivity index (χ2v) is 7.69. The van der Waals surface area contributed by atoms with Gasteiger partial charge < -0.3 is 9.47 Å². The largest absolute Gasteiger partial charge is 0.490 e. The Morgan fingerprint density at radius 1 is 1.10 bits per heavy atom. The monoisotopic (exact) mass is 449 g/mol. The lowest BCUT2D eigenvalue weighted by atomic mass is 10.00. The Labute approximate surface area is 180 Å². The first-order valence-corrected chi connectivity index (χ1v) is 10.6. The molecule has 0 saturated carbocycles. The van der Waals surface area contributed by atoms with E-state index in [0.29, 0.717) is 23.7 Å². The maximum absolute atomic E-state index is 9.77. The third-order valence-electron chi connectivity index (χ3n) is 4.72. The van der Waals surface area contributed by atoms with E-state index in [0.717, 1.165) is 32.8 Å². The number of hydrogen-bond acceptors (Lipinski definition) is 3. The summed E-state index contributed by atoms with van der Waals surface area (Å²) in [5.74, 6) is 1.37. The van der Waals surface area contributed by atoms with Gasteiger partial charge in [0, 0.05) is 0 Å². The molecule has 4 heteroatoms. The second kappa shape index (κ2) is 9.62. The van der Waals surface area contributed by atoms with E-state index in [1.54, 1.807) is 0 Å². The van der Waals surface area contributed by atoms with Gasteiger partial charge in [-0.2, -0.15) is 5.26 Å². The highest BCUT2D eigenvalue weighted by molar-refractivity contribution is 9.10. The average molecular weight is 450 g/mol. The highest BCUT2D eigenvalue weighted by Crippen LogP contribution is 2.39. The summed E-state index contributed by atoms with van der Waals surface area (Å²) in [6.45, 7) is 6.59. The molecule has 0 radical (unpaired) electrons. The maximum Gasteiger partial charge on any atom is 0.175 e. The topological polar surface area (TPSA) is 42.2 Å². The van der Waals surface area contributed by atoms with Crippen LogP contribution in [0.5, 0.6) is 11.5 Å². The van der Waals surface area contributed by atoms with E-state index in [9.17, 15) is 5.26 Å². The number of benzene rings is 3. The second-order valence-electron chi connectivity index (χ2n) is 6.83.